The Morgan fingerprint density at radius 1 is 1.27 bits per heavy atom. The van der Waals surface area contributed by atoms with Gasteiger partial charge < -0.3 is 19.9 Å². The quantitative estimate of drug-likeness (QED) is 0.638. The Kier molecular flexibility index (Phi) is 5.76. The number of para-hydroxylation sites is 1. The largest absolute Gasteiger partial charge is 0.497 e. The average Bonchev–Trinajstić information content (AvgIpc) is 3.18. The first-order valence-corrected chi connectivity index (χ1v) is 10.4. The van der Waals surface area contributed by atoms with Crippen LogP contribution >= 0.6 is 11.8 Å². The number of nitrogens with zero attached hydrogens (tertiary/aromatic N) is 2. The number of fused-ring (bicyclic) bond motifs is 1. The molecule has 2 atom stereocenters. The number of imidazole rings is 1. The molecule has 0 radical (unpaired) electrons. The molecule has 0 saturated heterocycles. The van der Waals surface area contributed by atoms with Gasteiger partial charge >= 0.3 is 0 Å². The summed E-state index contributed by atoms with van der Waals surface area (Å²) >= 11 is 1.41. The maximum absolute atomic E-state index is 12.9. The lowest BCUT2D eigenvalue weighted by Crippen LogP contribution is -2.37. The number of methoxy groups -OCH3 is 1. The Morgan fingerprint density at radius 2 is 2.03 bits per heavy atom. The van der Waals surface area contributed by atoms with Gasteiger partial charge in [-0.15, -0.1) is 11.8 Å². The molecule has 0 unspecified atom stereocenters. The van der Waals surface area contributed by atoms with Crippen LogP contribution in [0.15, 0.2) is 65.8 Å². The molecule has 2 aromatic carbocycles. The zero-order valence-electron chi connectivity index (χ0n) is 16.7. The summed E-state index contributed by atoms with van der Waals surface area (Å²) < 4.78 is 7.10. The van der Waals surface area contributed by atoms with Crippen LogP contribution in [-0.2, 0) is 16.6 Å². The zero-order valence-corrected chi connectivity index (χ0v) is 17.5. The minimum atomic E-state index is -0.488. The molecule has 1 aliphatic rings. The molecule has 8 heteroatoms. The van der Waals surface area contributed by atoms with Crippen molar-refractivity contribution in [1.29, 1.82) is 0 Å². The maximum Gasteiger partial charge on any atom is 0.238 e. The number of carbonyl (C=O) groups is 2. The monoisotopic (exact) mass is 422 g/mol. The SMILES string of the molecule is COc1ccc([C@H](NC(=O)C[C@@H]2Sc3ccccc3NC2=O)c2nccn2C)cc1. The lowest BCUT2D eigenvalue weighted by molar-refractivity contribution is -0.124. The Labute approximate surface area is 178 Å². The van der Waals surface area contributed by atoms with E-state index in [0.29, 0.717) is 5.82 Å². The second-order valence-electron chi connectivity index (χ2n) is 6.97. The first-order valence-electron chi connectivity index (χ1n) is 9.52. The van der Waals surface area contributed by atoms with Crippen molar-refractivity contribution < 1.29 is 14.3 Å². The van der Waals surface area contributed by atoms with Crippen LogP contribution in [0.4, 0.5) is 5.69 Å². The van der Waals surface area contributed by atoms with E-state index in [1.165, 1.54) is 11.8 Å². The number of ether oxygens (including phenoxy) is 1. The highest BCUT2D eigenvalue weighted by atomic mass is 32.2. The molecule has 2 N–H and O–H groups in total. The van der Waals surface area contributed by atoms with Gasteiger partial charge in [0.1, 0.15) is 17.6 Å². The van der Waals surface area contributed by atoms with Crippen LogP contribution in [0.2, 0.25) is 0 Å². The summed E-state index contributed by atoms with van der Waals surface area (Å²) in [6.07, 6.45) is 3.60. The lowest BCUT2D eigenvalue weighted by Gasteiger charge is -2.25. The van der Waals surface area contributed by atoms with Gasteiger partial charge in [0, 0.05) is 30.8 Å². The van der Waals surface area contributed by atoms with Gasteiger partial charge in [-0.3, -0.25) is 9.59 Å². The number of amides is 2. The van der Waals surface area contributed by atoms with Crippen molar-refractivity contribution in [2.24, 2.45) is 7.05 Å². The molecule has 1 aliphatic heterocycles. The van der Waals surface area contributed by atoms with Crippen molar-refractivity contribution in [3.05, 3.63) is 72.3 Å². The highest BCUT2D eigenvalue weighted by molar-refractivity contribution is 8.01. The number of carbonyl (C=O) groups excluding carboxylic acids is 2. The van der Waals surface area contributed by atoms with Crippen LogP contribution in [0.3, 0.4) is 0 Å². The number of anilines is 1. The average molecular weight is 423 g/mol. The molecule has 1 aromatic heterocycles. The van der Waals surface area contributed by atoms with Crippen LogP contribution in [0.25, 0.3) is 0 Å². The molecule has 0 spiro atoms. The fraction of sp³-hybridized carbons (Fsp3) is 0.227. The van der Waals surface area contributed by atoms with Crippen molar-refractivity contribution in [3.63, 3.8) is 0 Å². The Balaban J connectivity index is 1.52. The Bertz CT molecular complexity index is 1060. The van der Waals surface area contributed by atoms with Crippen LogP contribution < -0.4 is 15.4 Å². The van der Waals surface area contributed by atoms with E-state index >= 15 is 0 Å². The second kappa shape index (κ2) is 8.62. The van der Waals surface area contributed by atoms with Gasteiger partial charge in [-0.05, 0) is 29.8 Å². The van der Waals surface area contributed by atoms with Gasteiger partial charge in [-0.2, -0.15) is 0 Å². The molecule has 0 bridgehead atoms. The van der Waals surface area contributed by atoms with Gasteiger partial charge in [0.15, 0.2) is 0 Å². The zero-order chi connectivity index (χ0) is 21.1. The maximum atomic E-state index is 12.9. The first-order chi connectivity index (χ1) is 14.5. The Hall–Kier alpha value is -3.26. The molecule has 0 aliphatic carbocycles. The van der Waals surface area contributed by atoms with Gasteiger partial charge in [0.2, 0.25) is 11.8 Å². The minimum Gasteiger partial charge on any atom is -0.497 e. The third kappa shape index (κ3) is 4.18. The van der Waals surface area contributed by atoms with Crippen LogP contribution in [0.1, 0.15) is 23.9 Å². The van der Waals surface area contributed by atoms with Crippen LogP contribution in [0.5, 0.6) is 5.75 Å². The van der Waals surface area contributed by atoms with Crippen molar-refractivity contribution in [2.75, 3.05) is 12.4 Å². The normalized spacial score (nSPS) is 16.3. The molecule has 4 rings (SSSR count). The van der Waals surface area contributed by atoms with E-state index in [4.69, 9.17) is 4.74 Å². The summed E-state index contributed by atoms with van der Waals surface area (Å²) in [6.45, 7) is 0. The third-order valence-corrected chi connectivity index (χ3v) is 6.22. The van der Waals surface area contributed by atoms with Crippen molar-refractivity contribution >= 4 is 29.3 Å². The minimum absolute atomic E-state index is 0.0713. The lowest BCUT2D eigenvalue weighted by atomic mass is 10.1. The smallest absolute Gasteiger partial charge is 0.238 e. The number of nitrogens with one attached hydrogen (secondary N) is 2. The number of benzene rings is 2. The summed E-state index contributed by atoms with van der Waals surface area (Å²) in [5.74, 6) is 1.06. The number of hydrogen-bond acceptors (Lipinski definition) is 5. The molecule has 30 heavy (non-hydrogen) atoms. The molecule has 7 nitrogen and oxygen atoms in total. The van der Waals surface area contributed by atoms with E-state index in [0.717, 1.165) is 21.9 Å². The number of aryl methyl sites for hydroxylation is 1. The first kappa shape index (κ1) is 20.0. The van der Waals surface area contributed by atoms with Gasteiger partial charge in [0.05, 0.1) is 18.0 Å². The van der Waals surface area contributed by atoms with Crippen molar-refractivity contribution in [3.8, 4) is 5.75 Å². The molecule has 2 amide bonds. The van der Waals surface area contributed by atoms with E-state index < -0.39 is 11.3 Å². The van der Waals surface area contributed by atoms with E-state index in [1.54, 1.807) is 13.3 Å². The summed E-state index contributed by atoms with van der Waals surface area (Å²) in [6, 6.07) is 14.6. The molecule has 0 saturated carbocycles. The highest BCUT2D eigenvalue weighted by Crippen LogP contribution is 2.36. The Morgan fingerprint density at radius 3 is 2.73 bits per heavy atom. The number of thioether (sulfide) groups is 1. The fourth-order valence-electron chi connectivity index (χ4n) is 3.36. The predicted octanol–water partition coefficient (Wildman–Crippen LogP) is 3.14. The van der Waals surface area contributed by atoms with E-state index in [-0.39, 0.29) is 18.2 Å². The van der Waals surface area contributed by atoms with Crippen molar-refractivity contribution in [1.82, 2.24) is 14.9 Å². The highest BCUT2D eigenvalue weighted by Gasteiger charge is 2.30. The molecule has 3 aromatic rings. The number of rotatable bonds is 6. The molecular formula is C22H22N4O3S. The fourth-order valence-corrected chi connectivity index (χ4v) is 4.47. The molecule has 0 fully saturated rings. The van der Waals surface area contributed by atoms with Gasteiger partial charge in [-0.25, -0.2) is 4.98 Å². The van der Waals surface area contributed by atoms with Crippen LogP contribution in [-0.4, -0.2) is 33.7 Å². The summed E-state index contributed by atoms with van der Waals surface area (Å²) in [5, 5.41) is 5.44. The second-order valence-corrected chi connectivity index (χ2v) is 8.21. The van der Waals surface area contributed by atoms with E-state index in [1.807, 2.05) is 66.3 Å². The molecule has 2 heterocycles. The molecule has 154 valence electrons. The van der Waals surface area contributed by atoms with Gasteiger partial charge in [-0.1, -0.05) is 24.3 Å². The molecular weight excluding hydrogens is 400 g/mol. The number of hydrogen-bond donors (Lipinski definition) is 2. The third-order valence-electron chi connectivity index (χ3n) is 4.95. The van der Waals surface area contributed by atoms with E-state index in [2.05, 4.69) is 15.6 Å². The standard InChI is InChI=1S/C22H22N4O3S/c1-26-12-11-23-21(26)20(14-7-9-15(29-2)10-8-14)25-19(27)13-18-22(28)24-16-5-3-4-6-17(16)30-18/h3-12,18,20H,13H2,1-2H3,(H,24,28)(H,25,27)/t18-,20-/m0/s1. The van der Waals surface area contributed by atoms with Crippen molar-refractivity contribution in [2.45, 2.75) is 22.6 Å². The summed E-state index contributed by atoms with van der Waals surface area (Å²) in [5.41, 5.74) is 1.66. The summed E-state index contributed by atoms with van der Waals surface area (Å²) in [7, 11) is 3.49. The predicted molar refractivity (Wildman–Crippen MR) is 116 cm³/mol. The number of aromatic nitrogens is 2. The van der Waals surface area contributed by atoms with E-state index in [9.17, 15) is 9.59 Å². The summed E-state index contributed by atoms with van der Waals surface area (Å²) in [4.78, 5) is 30.8. The topological polar surface area (TPSA) is 85.2 Å². The van der Waals surface area contributed by atoms with Crippen LogP contribution in [0, 0.1) is 0 Å². The van der Waals surface area contributed by atoms with Gasteiger partial charge in [0.25, 0.3) is 0 Å².